The Hall–Kier alpha value is -3.48. The predicted octanol–water partition coefficient (Wildman–Crippen LogP) is 3.75. The van der Waals surface area contributed by atoms with Crippen LogP contribution in [-0.2, 0) is 6.54 Å². The molecule has 0 aliphatic carbocycles. The summed E-state index contributed by atoms with van der Waals surface area (Å²) in [5.74, 6) is 1.44. The molecule has 142 valence electrons. The first-order chi connectivity index (χ1) is 13.5. The number of rotatable bonds is 5. The van der Waals surface area contributed by atoms with Crippen LogP contribution in [0.1, 0.15) is 47.5 Å². The third-order valence-electron chi connectivity index (χ3n) is 4.43. The van der Waals surface area contributed by atoms with Crippen LogP contribution in [0.25, 0.3) is 17.0 Å². The number of furan rings is 1. The van der Waals surface area contributed by atoms with Gasteiger partial charge in [0.25, 0.3) is 5.91 Å². The van der Waals surface area contributed by atoms with Gasteiger partial charge in [-0.05, 0) is 43.2 Å². The molecule has 0 radical (unpaired) electrons. The van der Waals surface area contributed by atoms with Crippen LogP contribution >= 0.6 is 0 Å². The quantitative estimate of drug-likeness (QED) is 0.574. The summed E-state index contributed by atoms with van der Waals surface area (Å²) in [6, 6.07) is 13.0. The molecule has 0 aliphatic heterocycles. The second-order valence-electron chi connectivity index (χ2n) is 6.93. The second-order valence-corrected chi connectivity index (χ2v) is 6.93. The lowest BCUT2D eigenvalue weighted by molar-refractivity contribution is 0.0943. The normalized spacial score (nSPS) is 11.3. The number of amides is 1. The molecule has 0 atom stereocenters. The van der Waals surface area contributed by atoms with Crippen LogP contribution in [0.4, 0.5) is 0 Å². The highest BCUT2D eigenvalue weighted by atomic mass is 16.3. The van der Waals surface area contributed by atoms with Gasteiger partial charge in [-0.3, -0.25) is 9.78 Å². The standard InChI is InChI=1S/C21H21N5O2/c1-13(2)19-10-18(21(27)23-12-15-8-7-14(3)28-15)24-20-11-17(25-26(19)20)16-6-4-5-9-22-16/h4-11,13H,12H2,1-3H3,(H,23,27). The molecule has 1 N–H and O–H groups in total. The van der Waals surface area contributed by atoms with Gasteiger partial charge in [0.15, 0.2) is 5.65 Å². The summed E-state index contributed by atoms with van der Waals surface area (Å²) < 4.78 is 7.28. The Morgan fingerprint density at radius 2 is 2.04 bits per heavy atom. The minimum atomic E-state index is -0.251. The molecule has 0 unspecified atom stereocenters. The number of fused-ring (bicyclic) bond motifs is 1. The first-order valence-electron chi connectivity index (χ1n) is 9.17. The van der Waals surface area contributed by atoms with Crippen molar-refractivity contribution in [3.8, 4) is 11.4 Å². The lowest BCUT2D eigenvalue weighted by atomic mass is 10.1. The van der Waals surface area contributed by atoms with E-state index in [0.29, 0.717) is 23.6 Å². The van der Waals surface area contributed by atoms with E-state index in [-0.39, 0.29) is 11.8 Å². The summed E-state index contributed by atoms with van der Waals surface area (Å²) in [5, 5.41) is 7.51. The highest BCUT2D eigenvalue weighted by Crippen LogP contribution is 2.22. The van der Waals surface area contributed by atoms with E-state index >= 15 is 0 Å². The number of carbonyl (C=O) groups excluding carboxylic acids is 1. The van der Waals surface area contributed by atoms with E-state index in [1.54, 1.807) is 16.8 Å². The average molecular weight is 375 g/mol. The van der Waals surface area contributed by atoms with Crippen molar-refractivity contribution in [3.05, 3.63) is 71.6 Å². The highest BCUT2D eigenvalue weighted by Gasteiger charge is 2.17. The van der Waals surface area contributed by atoms with E-state index in [9.17, 15) is 4.79 Å². The second kappa shape index (κ2) is 7.26. The molecule has 0 fully saturated rings. The Kier molecular flexibility index (Phi) is 4.65. The van der Waals surface area contributed by atoms with Crippen LogP contribution in [0.3, 0.4) is 0 Å². The Morgan fingerprint density at radius 3 is 2.71 bits per heavy atom. The molecule has 0 bridgehead atoms. The van der Waals surface area contributed by atoms with Crippen molar-refractivity contribution < 1.29 is 9.21 Å². The monoisotopic (exact) mass is 375 g/mol. The zero-order valence-corrected chi connectivity index (χ0v) is 16.0. The van der Waals surface area contributed by atoms with Crippen molar-refractivity contribution in [2.45, 2.75) is 33.2 Å². The molecular weight excluding hydrogens is 354 g/mol. The van der Waals surface area contributed by atoms with Crippen LogP contribution in [0.5, 0.6) is 0 Å². The summed E-state index contributed by atoms with van der Waals surface area (Å²) >= 11 is 0. The molecular formula is C21H21N5O2. The van der Waals surface area contributed by atoms with Crippen LogP contribution < -0.4 is 5.32 Å². The van der Waals surface area contributed by atoms with Gasteiger partial charge in [-0.1, -0.05) is 19.9 Å². The van der Waals surface area contributed by atoms with Crippen molar-refractivity contribution in [2.24, 2.45) is 0 Å². The van der Waals surface area contributed by atoms with E-state index in [1.807, 2.05) is 43.3 Å². The van der Waals surface area contributed by atoms with Crippen LogP contribution in [0.15, 0.2) is 53.1 Å². The molecule has 28 heavy (non-hydrogen) atoms. The molecule has 0 saturated carbocycles. The maximum Gasteiger partial charge on any atom is 0.270 e. The fourth-order valence-electron chi connectivity index (χ4n) is 3.00. The molecule has 4 rings (SSSR count). The minimum absolute atomic E-state index is 0.168. The number of aromatic nitrogens is 4. The van der Waals surface area contributed by atoms with Crippen LogP contribution in [-0.4, -0.2) is 25.5 Å². The van der Waals surface area contributed by atoms with Gasteiger partial charge in [-0.25, -0.2) is 9.50 Å². The molecule has 7 nitrogen and oxygen atoms in total. The first kappa shape index (κ1) is 17.9. The third-order valence-corrected chi connectivity index (χ3v) is 4.43. The summed E-state index contributed by atoms with van der Waals surface area (Å²) in [5.41, 5.74) is 3.37. The molecule has 4 aromatic rings. The molecule has 4 heterocycles. The summed E-state index contributed by atoms with van der Waals surface area (Å²) in [6.07, 6.45) is 1.73. The summed E-state index contributed by atoms with van der Waals surface area (Å²) in [6.45, 7) is 6.30. The summed E-state index contributed by atoms with van der Waals surface area (Å²) in [7, 11) is 0. The number of pyridine rings is 1. The van der Waals surface area contributed by atoms with E-state index in [4.69, 9.17) is 4.42 Å². The minimum Gasteiger partial charge on any atom is -0.465 e. The van der Waals surface area contributed by atoms with E-state index < -0.39 is 0 Å². The van der Waals surface area contributed by atoms with Crippen molar-refractivity contribution in [1.82, 2.24) is 24.9 Å². The SMILES string of the molecule is Cc1ccc(CNC(=O)c2cc(C(C)C)n3nc(-c4ccccn4)cc3n2)o1. The van der Waals surface area contributed by atoms with Gasteiger partial charge in [0.2, 0.25) is 0 Å². The molecule has 0 aliphatic rings. The first-order valence-corrected chi connectivity index (χ1v) is 9.17. The predicted molar refractivity (Wildman–Crippen MR) is 105 cm³/mol. The van der Waals surface area contributed by atoms with E-state index in [1.165, 1.54) is 0 Å². The molecule has 0 spiro atoms. The molecule has 1 amide bonds. The van der Waals surface area contributed by atoms with Crippen molar-refractivity contribution in [1.29, 1.82) is 0 Å². The fraction of sp³-hybridized carbons (Fsp3) is 0.238. The van der Waals surface area contributed by atoms with Crippen molar-refractivity contribution in [3.63, 3.8) is 0 Å². The van der Waals surface area contributed by atoms with Gasteiger partial charge in [-0.15, -0.1) is 0 Å². The number of nitrogens with one attached hydrogen (secondary N) is 1. The van der Waals surface area contributed by atoms with Gasteiger partial charge < -0.3 is 9.73 Å². The smallest absolute Gasteiger partial charge is 0.270 e. The molecule has 0 saturated heterocycles. The van der Waals surface area contributed by atoms with E-state index in [2.05, 4.69) is 34.2 Å². The number of hydrogen-bond acceptors (Lipinski definition) is 5. The van der Waals surface area contributed by atoms with Gasteiger partial charge in [-0.2, -0.15) is 5.10 Å². The summed E-state index contributed by atoms with van der Waals surface area (Å²) in [4.78, 5) is 21.5. The van der Waals surface area contributed by atoms with Gasteiger partial charge in [0, 0.05) is 18.0 Å². The number of carbonyl (C=O) groups is 1. The number of hydrogen-bond donors (Lipinski definition) is 1. The lowest BCUT2D eigenvalue weighted by Crippen LogP contribution is -2.24. The highest BCUT2D eigenvalue weighted by molar-refractivity contribution is 5.92. The lowest BCUT2D eigenvalue weighted by Gasteiger charge is -2.10. The topological polar surface area (TPSA) is 85.3 Å². The molecule has 4 aromatic heterocycles. The number of aryl methyl sites for hydroxylation is 1. The maximum atomic E-state index is 12.7. The van der Waals surface area contributed by atoms with Crippen LogP contribution in [0.2, 0.25) is 0 Å². The van der Waals surface area contributed by atoms with Crippen molar-refractivity contribution in [2.75, 3.05) is 0 Å². The molecule has 0 aromatic carbocycles. The van der Waals surface area contributed by atoms with Gasteiger partial charge >= 0.3 is 0 Å². The maximum absolute atomic E-state index is 12.7. The van der Waals surface area contributed by atoms with Gasteiger partial charge in [0.1, 0.15) is 22.9 Å². The van der Waals surface area contributed by atoms with Crippen LogP contribution in [0, 0.1) is 6.92 Å². The fourth-order valence-corrected chi connectivity index (χ4v) is 3.00. The third kappa shape index (κ3) is 3.51. The number of nitrogens with zero attached hydrogens (tertiary/aromatic N) is 4. The zero-order chi connectivity index (χ0) is 19.7. The largest absolute Gasteiger partial charge is 0.465 e. The Labute approximate surface area is 162 Å². The Bertz CT molecular complexity index is 1130. The average Bonchev–Trinajstić information content (AvgIpc) is 3.31. The van der Waals surface area contributed by atoms with Gasteiger partial charge in [0.05, 0.1) is 12.2 Å². The zero-order valence-electron chi connectivity index (χ0n) is 16.0. The Balaban J connectivity index is 1.67. The van der Waals surface area contributed by atoms with Crippen molar-refractivity contribution >= 4 is 11.6 Å². The Morgan fingerprint density at radius 1 is 1.18 bits per heavy atom. The van der Waals surface area contributed by atoms with E-state index in [0.717, 1.165) is 22.8 Å². The molecule has 7 heteroatoms.